The van der Waals surface area contributed by atoms with Gasteiger partial charge in [-0.3, -0.25) is 28.8 Å². The lowest BCUT2D eigenvalue weighted by Crippen LogP contribution is -2.45. The molecule has 4 atom stereocenters. The smallest absolute Gasteiger partial charge is 0.326 e. The summed E-state index contributed by atoms with van der Waals surface area (Å²) in [4.78, 5) is 118. The van der Waals surface area contributed by atoms with Crippen LogP contribution in [-0.4, -0.2) is 109 Å². The van der Waals surface area contributed by atoms with Crippen molar-refractivity contribution >= 4 is 59.3 Å². The van der Waals surface area contributed by atoms with Gasteiger partial charge in [-0.05, 0) is 38.5 Å². The summed E-state index contributed by atoms with van der Waals surface area (Å²) in [6.45, 7) is 1.61. The Kier molecular flexibility index (Phi) is 30.0. The van der Waals surface area contributed by atoms with E-state index < -0.39 is 110 Å². The molecule has 0 aliphatic carbocycles. The number of nitrogens with one attached hydrogen (secondary N) is 4. The van der Waals surface area contributed by atoms with Gasteiger partial charge in [0, 0.05) is 44.9 Å². The molecule has 0 rings (SSSR count). The maximum Gasteiger partial charge on any atom is 0.326 e. The van der Waals surface area contributed by atoms with Crippen molar-refractivity contribution in [1.29, 1.82) is 0 Å². The molecule has 0 aromatic heterocycles. The van der Waals surface area contributed by atoms with E-state index in [-0.39, 0.29) is 44.3 Å². The number of carboxylic acid groups (broad SMARTS) is 5. The molecule has 0 saturated carbocycles. The van der Waals surface area contributed by atoms with Gasteiger partial charge in [-0.15, -0.1) is 0 Å². The van der Waals surface area contributed by atoms with Crippen LogP contribution in [-0.2, 0) is 47.9 Å². The van der Waals surface area contributed by atoms with Gasteiger partial charge < -0.3 is 46.8 Å². The minimum Gasteiger partial charge on any atom is -0.481 e. The van der Waals surface area contributed by atoms with Crippen LogP contribution in [0, 0.1) is 0 Å². The van der Waals surface area contributed by atoms with Crippen LogP contribution in [0.25, 0.3) is 0 Å². The van der Waals surface area contributed by atoms with Crippen LogP contribution in [0.1, 0.15) is 167 Å². The molecule has 4 unspecified atom stereocenters. The molecular formula is C40H66N4O15. The zero-order valence-corrected chi connectivity index (χ0v) is 34.3. The van der Waals surface area contributed by atoms with Crippen molar-refractivity contribution in [2.24, 2.45) is 0 Å². The molecule has 336 valence electrons. The van der Waals surface area contributed by atoms with Gasteiger partial charge in [-0.2, -0.15) is 0 Å². The summed E-state index contributed by atoms with van der Waals surface area (Å²) >= 11 is 0. The number of hydrogen-bond donors (Lipinski definition) is 9. The maximum atomic E-state index is 12.5. The van der Waals surface area contributed by atoms with Crippen LogP contribution < -0.4 is 21.3 Å². The van der Waals surface area contributed by atoms with Crippen molar-refractivity contribution in [3.8, 4) is 0 Å². The lowest BCUT2D eigenvalue weighted by molar-refractivity contribution is -0.144. The van der Waals surface area contributed by atoms with Gasteiger partial charge in [0.25, 0.3) is 0 Å². The number of Topliss-reactive ketones (excluding diaryl/α,β-unsaturated/α-hetero) is 1. The molecular weight excluding hydrogens is 776 g/mol. The number of carbonyl (C=O) groups is 10. The number of aliphatic carboxylic acids is 5. The molecule has 0 aliphatic rings. The summed E-state index contributed by atoms with van der Waals surface area (Å²) in [5, 5.41) is 55.5. The number of unbranched alkanes of at least 4 members (excludes halogenated alkanes) is 13. The molecule has 9 N–H and O–H groups in total. The third-order valence-electron chi connectivity index (χ3n) is 9.66. The lowest BCUT2D eigenvalue weighted by atomic mass is 10.0. The highest BCUT2D eigenvalue weighted by Crippen LogP contribution is 2.14. The standard InChI is InChI=1S/C40H66N4O15/c1-2-27(45)19-20-28(37(52)53)42-33(47)25-22-30(39(56)57)44-35(49)26-23-31(40(58)59)43-34(48)24-21-29(38(54)55)41-32(46)17-15-13-11-9-7-5-3-4-6-8-10-12-14-16-18-36(50)51/h28-31H,2-26H2,1H3,(H,41,46)(H,42,47)(H,43,48)(H,44,49)(H,50,51)(H,52,53)(H,54,55)(H,56,57)(H,58,59). The van der Waals surface area contributed by atoms with Crippen molar-refractivity contribution in [3.63, 3.8) is 0 Å². The first-order valence-electron chi connectivity index (χ1n) is 20.8. The molecule has 19 nitrogen and oxygen atoms in total. The second kappa shape index (κ2) is 32.8. The van der Waals surface area contributed by atoms with Gasteiger partial charge in [0.1, 0.15) is 30.0 Å². The Labute approximate surface area is 345 Å². The van der Waals surface area contributed by atoms with Crippen LogP contribution in [0.15, 0.2) is 0 Å². The average Bonchev–Trinajstić information content (AvgIpc) is 3.17. The molecule has 0 saturated heterocycles. The maximum absolute atomic E-state index is 12.5. The quantitative estimate of drug-likeness (QED) is 0.0400. The van der Waals surface area contributed by atoms with Crippen molar-refractivity contribution < 1.29 is 73.5 Å². The Balaban J connectivity index is 4.49. The van der Waals surface area contributed by atoms with Gasteiger partial charge in [-0.25, -0.2) is 19.2 Å². The summed E-state index contributed by atoms with van der Waals surface area (Å²) in [5.74, 6) is -9.78. The fraction of sp³-hybridized carbons (Fsp3) is 0.750. The van der Waals surface area contributed by atoms with E-state index in [1.807, 2.05) is 0 Å². The molecule has 0 bridgehead atoms. The summed E-state index contributed by atoms with van der Waals surface area (Å²) in [7, 11) is 0. The van der Waals surface area contributed by atoms with E-state index in [2.05, 4.69) is 21.3 Å². The number of carboxylic acids is 5. The molecule has 0 fully saturated rings. The molecule has 0 aromatic carbocycles. The zero-order chi connectivity index (χ0) is 44.6. The fourth-order valence-corrected chi connectivity index (χ4v) is 6.09. The number of carbonyl (C=O) groups excluding carboxylic acids is 5. The van der Waals surface area contributed by atoms with Crippen molar-refractivity contribution in [2.45, 2.75) is 192 Å². The van der Waals surface area contributed by atoms with Gasteiger partial charge >= 0.3 is 29.8 Å². The summed E-state index contributed by atoms with van der Waals surface area (Å²) in [5.41, 5.74) is 0. The van der Waals surface area contributed by atoms with Crippen molar-refractivity contribution in [1.82, 2.24) is 21.3 Å². The van der Waals surface area contributed by atoms with E-state index in [1.165, 1.54) is 19.3 Å². The highest BCUT2D eigenvalue weighted by atomic mass is 16.4. The van der Waals surface area contributed by atoms with Crippen LogP contribution in [0.4, 0.5) is 0 Å². The second-order valence-corrected chi connectivity index (χ2v) is 14.7. The molecule has 0 spiro atoms. The van der Waals surface area contributed by atoms with E-state index in [0.717, 1.165) is 64.2 Å². The minimum absolute atomic E-state index is 0.0761. The summed E-state index contributed by atoms with van der Waals surface area (Å²) < 4.78 is 0. The van der Waals surface area contributed by atoms with E-state index in [1.54, 1.807) is 6.92 Å². The first-order valence-corrected chi connectivity index (χ1v) is 20.8. The zero-order valence-electron chi connectivity index (χ0n) is 34.3. The van der Waals surface area contributed by atoms with Gasteiger partial charge in [0.2, 0.25) is 23.6 Å². The van der Waals surface area contributed by atoms with Gasteiger partial charge in [0.05, 0.1) is 0 Å². The predicted molar refractivity (Wildman–Crippen MR) is 212 cm³/mol. The van der Waals surface area contributed by atoms with Gasteiger partial charge in [-0.1, -0.05) is 84.0 Å². The summed E-state index contributed by atoms with van der Waals surface area (Å²) in [6.07, 6.45) is 11.8. The van der Waals surface area contributed by atoms with E-state index in [4.69, 9.17) is 5.11 Å². The Hall–Kier alpha value is -5.10. The lowest BCUT2D eigenvalue weighted by Gasteiger charge is -2.18. The molecule has 19 heteroatoms. The Bertz CT molecular complexity index is 1370. The Morgan fingerprint density at radius 3 is 0.831 bits per heavy atom. The highest BCUT2D eigenvalue weighted by molar-refractivity contribution is 5.88. The molecule has 0 radical (unpaired) electrons. The van der Waals surface area contributed by atoms with Gasteiger partial charge in [0.15, 0.2) is 0 Å². The number of hydrogen-bond acceptors (Lipinski definition) is 10. The first-order chi connectivity index (χ1) is 28.0. The average molecular weight is 843 g/mol. The van der Waals surface area contributed by atoms with Crippen molar-refractivity contribution in [2.75, 3.05) is 0 Å². The predicted octanol–water partition coefficient (Wildman–Crippen LogP) is 3.69. The van der Waals surface area contributed by atoms with Crippen molar-refractivity contribution in [3.05, 3.63) is 0 Å². The molecule has 4 amide bonds. The fourth-order valence-electron chi connectivity index (χ4n) is 6.09. The third kappa shape index (κ3) is 29.7. The van der Waals surface area contributed by atoms with Crippen LogP contribution in [0.2, 0.25) is 0 Å². The highest BCUT2D eigenvalue weighted by Gasteiger charge is 2.27. The monoisotopic (exact) mass is 842 g/mol. The first kappa shape index (κ1) is 53.9. The normalized spacial score (nSPS) is 12.9. The molecule has 0 aliphatic heterocycles. The van der Waals surface area contributed by atoms with E-state index >= 15 is 0 Å². The largest absolute Gasteiger partial charge is 0.481 e. The van der Waals surface area contributed by atoms with E-state index in [0.29, 0.717) is 6.42 Å². The number of amides is 4. The number of rotatable bonds is 38. The van der Waals surface area contributed by atoms with Crippen LogP contribution in [0.3, 0.4) is 0 Å². The Morgan fingerprint density at radius 1 is 0.339 bits per heavy atom. The van der Waals surface area contributed by atoms with Crippen LogP contribution >= 0.6 is 0 Å². The third-order valence-corrected chi connectivity index (χ3v) is 9.66. The molecule has 0 aromatic rings. The topological polar surface area (TPSA) is 320 Å². The summed E-state index contributed by atoms with van der Waals surface area (Å²) in [6, 6.07) is -5.94. The molecule has 0 heterocycles. The van der Waals surface area contributed by atoms with Crippen LogP contribution in [0.5, 0.6) is 0 Å². The second-order valence-electron chi connectivity index (χ2n) is 14.7. The minimum atomic E-state index is -1.59. The Morgan fingerprint density at radius 2 is 0.576 bits per heavy atom. The SMILES string of the molecule is CCC(=O)CCC(NC(=O)CCC(NC(=O)CCC(NC(=O)CCC(NC(=O)CCCCCCCCCCCCCCCCC(=O)O)C(=O)O)C(=O)O)C(=O)O)C(=O)O. The van der Waals surface area contributed by atoms with E-state index in [9.17, 15) is 68.4 Å². The number of ketones is 1. The molecule has 59 heavy (non-hydrogen) atoms.